The smallest absolute Gasteiger partial charge is 0.222 e. The quantitative estimate of drug-likeness (QED) is 0.359. The number of carbonyl (C=O) groups excluding carboxylic acids is 1. The Morgan fingerprint density at radius 3 is 2.58 bits per heavy atom. The van der Waals surface area contributed by atoms with E-state index >= 15 is 0 Å². The van der Waals surface area contributed by atoms with Crippen LogP contribution >= 0.6 is 0 Å². The van der Waals surface area contributed by atoms with Crippen molar-refractivity contribution in [3.8, 4) is 22.8 Å². The molecule has 1 atom stereocenters. The van der Waals surface area contributed by atoms with E-state index in [1.165, 1.54) is 6.33 Å². The summed E-state index contributed by atoms with van der Waals surface area (Å²) >= 11 is 0. The minimum atomic E-state index is 0.0171. The van der Waals surface area contributed by atoms with Crippen LogP contribution in [0.5, 0.6) is 11.5 Å². The van der Waals surface area contributed by atoms with Crippen molar-refractivity contribution in [2.75, 3.05) is 25.4 Å². The Morgan fingerprint density at radius 2 is 1.81 bits per heavy atom. The average Bonchev–Trinajstić information content (AvgIpc) is 3.31. The number of hydrogen-bond acceptors (Lipinski definition) is 7. The second-order valence-corrected chi connectivity index (χ2v) is 9.07. The third-order valence-corrected chi connectivity index (χ3v) is 6.56. The van der Waals surface area contributed by atoms with Crippen molar-refractivity contribution in [2.24, 2.45) is 5.73 Å². The number of benzene rings is 2. The highest BCUT2D eigenvalue weighted by molar-refractivity contribution is 5.98. The van der Waals surface area contributed by atoms with E-state index in [4.69, 9.17) is 21.3 Å². The molecule has 2 aromatic heterocycles. The molecule has 1 aliphatic rings. The molecule has 1 amide bonds. The SMILES string of the molecule is NCCCCC(=O)N1CCC[C@@H](n2nc(-c3ccc(Oc4ccccc4)cc3)c3c(N)ncnc32)C1. The lowest BCUT2D eigenvalue weighted by Gasteiger charge is -2.33. The second kappa shape index (κ2) is 10.7. The molecule has 36 heavy (non-hydrogen) atoms. The maximum absolute atomic E-state index is 12.8. The van der Waals surface area contributed by atoms with Crippen LogP contribution in [-0.2, 0) is 4.79 Å². The zero-order valence-corrected chi connectivity index (χ0v) is 20.2. The van der Waals surface area contributed by atoms with Crippen molar-refractivity contribution < 1.29 is 9.53 Å². The summed E-state index contributed by atoms with van der Waals surface area (Å²) in [6.45, 7) is 1.98. The number of nitrogen functional groups attached to an aromatic ring is 1. The van der Waals surface area contributed by atoms with E-state index in [-0.39, 0.29) is 11.9 Å². The van der Waals surface area contributed by atoms with E-state index in [1.807, 2.05) is 64.2 Å². The number of likely N-dealkylation sites (tertiary alicyclic amines) is 1. The van der Waals surface area contributed by atoms with E-state index < -0.39 is 0 Å². The number of carbonyl (C=O) groups is 1. The summed E-state index contributed by atoms with van der Waals surface area (Å²) in [4.78, 5) is 23.5. The molecule has 0 aliphatic carbocycles. The van der Waals surface area contributed by atoms with Crippen LogP contribution < -0.4 is 16.2 Å². The van der Waals surface area contributed by atoms with Gasteiger partial charge >= 0.3 is 0 Å². The van der Waals surface area contributed by atoms with Crippen LogP contribution in [0, 0.1) is 0 Å². The summed E-state index contributed by atoms with van der Waals surface area (Å²) in [5.41, 5.74) is 14.2. The first-order chi connectivity index (χ1) is 17.6. The lowest BCUT2D eigenvalue weighted by atomic mass is 10.0. The van der Waals surface area contributed by atoms with Gasteiger partial charge in [-0.3, -0.25) is 4.79 Å². The van der Waals surface area contributed by atoms with Gasteiger partial charge in [0.2, 0.25) is 5.91 Å². The number of amides is 1. The highest BCUT2D eigenvalue weighted by atomic mass is 16.5. The number of nitrogens with two attached hydrogens (primary N) is 2. The largest absolute Gasteiger partial charge is 0.457 e. The van der Waals surface area contributed by atoms with Crippen molar-refractivity contribution in [1.82, 2.24) is 24.6 Å². The predicted molar refractivity (Wildman–Crippen MR) is 139 cm³/mol. The molecule has 0 spiro atoms. The van der Waals surface area contributed by atoms with Gasteiger partial charge in [0.25, 0.3) is 0 Å². The summed E-state index contributed by atoms with van der Waals surface area (Å²) in [6, 6.07) is 17.4. The molecule has 4 N–H and O–H groups in total. The molecular formula is C27H31N7O2. The van der Waals surface area contributed by atoms with Gasteiger partial charge in [-0.2, -0.15) is 5.10 Å². The van der Waals surface area contributed by atoms with Crippen molar-refractivity contribution in [3.63, 3.8) is 0 Å². The third kappa shape index (κ3) is 5.01. The van der Waals surface area contributed by atoms with E-state index in [2.05, 4.69) is 9.97 Å². The number of ether oxygens (including phenoxy) is 1. The Bertz CT molecular complexity index is 1320. The van der Waals surface area contributed by atoms with Gasteiger partial charge in [0, 0.05) is 25.1 Å². The zero-order chi connectivity index (χ0) is 24.9. The molecular weight excluding hydrogens is 454 g/mol. The number of aromatic nitrogens is 4. The van der Waals surface area contributed by atoms with E-state index in [0.717, 1.165) is 60.4 Å². The molecule has 0 radical (unpaired) electrons. The van der Waals surface area contributed by atoms with Gasteiger partial charge in [-0.15, -0.1) is 0 Å². The number of hydrogen-bond donors (Lipinski definition) is 2. The van der Waals surface area contributed by atoms with Crippen molar-refractivity contribution in [3.05, 3.63) is 60.9 Å². The zero-order valence-electron chi connectivity index (χ0n) is 20.2. The van der Waals surface area contributed by atoms with Crippen LogP contribution in [0.2, 0.25) is 0 Å². The standard InChI is InChI=1S/C27H31N7O2/c28-15-5-4-10-23(35)33-16-6-7-20(17-33)34-27-24(26(29)30-18-31-27)25(32-34)19-11-13-22(14-12-19)36-21-8-2-1-3-9-21/h1-3,8-9,11-14,18,20H,4-7,10,15-17,28H2,(H2,29,30,31)/t20-/m1/s1. The molecule has 2 aromatic carbocycles. The predicted octanol–water partition coefficient (Wildman–Crippen LogP) is 4.16. The second-order valence-electron chi connectivity index (χ2n) is 9.07. The molecule has 186 valence electrons. The normalized spacial score (nSPS) is 15.8. The van der Waals surface area contributed by atoms with Gasteiger partial charge < -0.3 is 21.1 Å². The molecule has 1 fully saturated rings. The Balaban J connectivity index is 1.42. The van der Waals surface area contributed by atoms with E-state index in [9.17, 15) is 4.79 Å². The minimum absolute atomic E-state index is 0.0171. The van der Waals surface area contributed by atoms with Crippen LogP contribution in [0.15, 0.2) is 60.9 Å². The molecule has 0 saturated carbocycles. The first-order valence-corrected chi connectivity index (χ1v) is 12.4. The average molecular weight is 486 g/mol. The number of rotatable bonds is 8. The lowest BCUT2D eigenvalue weighted by Crippen LogP contribution is -2.41. The van der Waals surface area contributed by atoms with Crippen LogP contribution in [0.25, 0.3) is 22.3 Å². The van der Waals surface area contributed by atoms with Crippen LogP contribution in [0.3, 0.4) is 0 Å². The first kappa shape index (κ1) is 23.7. The molecule has 9 nitrogen and oxygen atoms in total. The molecule has 0 bridgehead atoms. The molecule has 1 saturated heterocycles. The summed E-state index contributed by atoms with van der Waals surface area (Å²) in [7, 11) is 0. The van der Waals surface area contributed by atoms with Crippen molar-refractivity contribution in [1.29, 1.82) is 0 Å². The Labute approximate surface area is 210 Å². The monoisotopic (exact) mass is 485 g/mol. The fourth-order valence-electron chi connectivity index (χ4n) is 4.72. The lowest BCUT2D eigenvalue weighted by molar-refractivity contribution is -0.133. The topological polar surface area (TPSA) is 125 Å². The third-order valence-electron chi connectivity index (χ3n) is 6.56. The summed E-state index contributed by atoms with van der Waals surface area (Å²) in [6.07, 6.45) is 5.50. The van der Waals surface area contributed by atoms with Crippen molar-refractivity contribution in [2.45, 2.75) is 38.1 Å². The molecule has 4 aromatic rings. The Morgan fingerprint density at radius 1 is 1.03 bits per heavy atom. The van der Waals surface area contributed by atoms with Gasteiger partial charge in [-0.05, 0) is 68.6 Å². The number of unbranched alkanes of at least 4 members (excludes halogenated alkanes) is 1. The number of anilines is 1. The molecule has 5 rings (SSSR count). The number of para-hydroxylation sites is 1. The molecule has 1 aliphatic heterocycles. The number of piperidine rings is 1. The Hall–Kier alpha value is -3.98. The van der Waals surface area contributed by atoms with Gasteiger partial charge in [-0.25, -0.2) is 14.6 Å². The maximum Gasteiger partial charge on any atom is 0.222 e. The van der Waals surface area contributed by atoms with E-state index in [1.54, 1.807) is 0 Å². The first-order valence-electron chi connectivity index (χ1n) is 12.4. The van der Waals surface area contributed by atoms with E-state index in [0.29, 0.717) is 31.0 Å². The summed E-state index contributed by atoms with van der Waals surface area (Å²) < 4.78 is 7.86. The molecule has 9 heteroatoms. The number of nitrogens with zero attached hydrogens (tertiary/aromatic N) is 5. The van der Waals surface area contributed by atoms with Gasteiger partial charge in [0.1, 0.15) is 29.3 Å². The van der Waals surface area contributed by atoms with Crippen molar-refractivity contribution >= 4 is 22.8 Å². The van der Waals surface area contributed by atoms with Crippen LogP contribution in [0.1, 0.15) is 38.1 Å². The highest BCUT2D eigenvalue weighted by Gasteiger charge is 2.28. The summed E-state index contributed by atoms with van der Waals surface area (Å²) in [5, 5.41) is 5.69. The molecule has 3 heterocycles. The fourth-order valence-corrected chi connectivity index (χ4v) is 4.72. The maximum atomic E-state index is 12.8. The van der Waals surface area contributed by atoms with Gasteiger partial charge in [0.05, 0.1) is 11.4 Å². The molecule has 0 unspecified atom stereocenters. The van der Waals surface area contributed by atoms with Gasteiger partial charge in [-0.1, -0.05) is 18.2 Å². The highest BCUT2D eigenvalue weighted by Crippen LogP contribution is 2.35. The Kier molecular flexibility index (Phi) is 7.08. The number of fused-ring (bicyclic) bond motifs is 1. The van der Waals surface area contributed by atoms with Gasteiger partial charge in [0.15, 0.2) is 5.65 Å². The van der Waals surface area contributed by atoms with Crippen LogP contribution in [0.4, 0.5) is 5.82 Å². The van der Waals surface area contributed by atoms with Crippen LogP contribution in [-0.4, -0.2) is 50.2 Å². The summed E-state index contributed by atoms with van der Waals surface area (Å²) in [5.74, 6) is 2.07. The fraction of sp³-hybridized carbons (Fsp3) is 0.333. The minimum Gasteiger partial charge on any atom is -0.457 e.